The number of ether oxygens (including phenoxy) is 2. The number of anilines is 1. The van der Waals surface area contributed by atoms with E-state index < -0.39 is 15.7 Å². The normalized spacial score (nSPS) is 11.1. The Labute approximate surface area is 175 Å². The molecule has 0 aliphatic carbocycles. The highest BCUT2D eigenvalue weighted by Gasteiger charge is 2.23. The molecule has 0 atom stereocenters. The van der Waals surface area contributed by atoms with Gasteiger partial charge in [-0.05, 0) is 44.2 Å². The average molecular weight is 429 g/mol. The number of benzene rings is 2. The minimum atomic E-state index is -3.61. The fourth-order valence-corrected chi connectivity index (χ4v) is 4.26. The molecule has 1 aromatic heterocycles. The lowest BCUT2D eigenvalue weighted by molar-refractivity contribution is 0.0995. The van der Waals surface area contributed by atoms with Crippen LogP contribution < -0.4 is 14.8 Å². The van der Waals surface area contributed by atoms with E-state index in [0.717, 1.165) is 0 Å². The lowest BCUT2D eigenvalue weighted by Crippen LogP contribution is -2.15. The van der Waals surface area contributed by atoms with Crippen molar-refractivity contribution < 1.29 is 27.1 Å². The van der Waals surface area contributed by atoms with Gasteiger partial charge in [-0.3, -0.25) is 4.79 Å². The Hall–Kier alpha value is -3.26. The Balaban J connectivity index is 1.79. The summed E-state index contributed by atoms with van der Waals surface area (Å²) in [6.07, 6.45) is 1.30. The SMILES string of the molecule is CCOc1ccc(NC(=O)c2occc2CS(=O)(=O)c2ccccc2)cc1OCC. The molecule has 0 aliphatic rings. The molecule has 3 rings (SSSR count). The monoisotopic (exact) mass is 429 g/mol. The van der Waals surface area contributed by atoms with Crippen LogP contribution in [-0.4, -0.2) is 27.5 Å². The highest BCUT2D eigenvalue weighted by Crippen LogP contribution is 2.31. The molecule has 0 unspecified atom stereocenters. The van der Waals surface area contributed by atoms with Crippen molar-refractivity contribution >= 4 is 21.4 Å². The molecule has 158 valence electrons. The summed E-state index contributed by atoms with van der Waals surface area (Å²) in [5.74, 6) is 0.128. The van der Waals surface area contributed by atoms with Gasteiger partial charge in [-0.25, -0.2) is 8.42 Å². The highest BCUT2D eigenvalue weighted by atomic mass is 32.2. The quantitative estimate of drug-likeness (QED) is 0.545. The summed E-state index contributed by atoms with van der Waals surface area (Å²) >= 11 is 0. The standard InChI is InChI=1S/C22H23NO6S/c1-3-27-19-11-10-17(14-20(19)28-4-2)23-22(24)21-16(12-13-29-21)15-30(25,26)18-8-6-5-7-9-18/h5-14H,3-4,15H2,1-2H3,(H,23,24). The predicted octanol–water partition coefficient (Wildman–Crippen LogP) is 4.30. The number of carbonyl (C=O) groups is 1. The van der Waals surface area contributed by atoms with Crippen molar-refractivity contribution in [2.45, 2.75) is 24.5 Å². The van der Waals surface area contributed by atoms with Crippen LogP contribution in [0, 0.1) is 0 Å². The van der Waals surface area contributed by atoms with Gasteiger partial charge < -0.3 is 19.2 Å². The fourth-order valence-electron chi connectivity index (χ4n) is 2.88. The molecule has 30 heavy (non-hydrogen) atoms. The second-order valence-corrected chi connectivity index (χ2v) is 8.32. The molecular formula is C22H23NO6S. The van der Waals surface area contributed by atoms with Crippen molar-refractivity contribution in [1.82, 2.24) is 0 Å². The van der Waals surface area contributed by atoms with E-state index in [1.165, 1.54) is 24.5 Å². The maximum atomic E-state index is 12.7. The fraction of sp³-hybridized carbons (Fsp3) is 0.227. The van der Waals surface area contributed by atoms with Gasteiger partial charge in [0.2, 0.25) is 0 Å². The first-order chi connectivity index (χ1) is 14.4. The Kier molecular flexibility index (Phi) is 6.79. The number of hydrogen-bond donors (Lipinski definition) is 1. The van der Waals surface area contributed by atoms with E-state index in [1.807, 2.05) is 13.8 Å². The molecule has 2 aromatic carbocycles. The summed E-state index contributed by atoms with van der Waals surface area (Å²) in [6, 6.07) is 14.6. The minimum absolute atomic E-state index is 0.0543. The van der Waals surface area contributed by atoms with Crippen LogP contribution in [0.5, 0.6) is 11.5 Å². The second kappa shape index (κ2) is 9.49. The van der Waals surface area contributed by atoms with Crippen molar-refractivity contribution in [3.63, 3.8) is 0 Å². The average Bonchev–Trinajstić information content (AvgIpc) is 3.18. The zero-order valence-electron chi connectivity index (χ0n) is 16.8. The zero-order chi connectivity index (χ0) is 21.6. The Bertz CT molecular complexity index is 1110. The summed E-state index contributed by atoms with van der Waals surface area (Å²) < 4.78 is 41.7. The van der Waals surface area contributed by atoms with E-state index >= 15 is 0 Å². The van der Waals surface area contributed by atoms with E-state index in [4.69, 9.17) is 13.9 Å². The third-order valence-corrected chi connectivity index (χ3v) is 5.88. The summed E-state index contributed by atoms with van der Waals surface area (Å²) in [5, 5.41) is 2.72. The van der Waals surface area contributed by atoms with Gasteiger partial charge in [0.15, 0.2) is 27.1 Å². The van der Waals surface area contributed by atoms with Crippen LogP contribution in [0.2, 0.25) is 0 Å². The van der Waals surface area contributed by atoms with Gasteiger partial charge in [0, 0.05) is 17.3 Å². The number of carbonyl (C=O) groups excluding carboxylic acids is 1. The van der Waals surface area contributed by atoms with Crippen LogP contribution in [0.25, 0.3) is 0 Å². The molecule has 0 fully saturated rings. The summed E-state index contributed by atoms with van der Waals surface area (Å²) in [6.45, 7) is 4.64. The Morgan fingerprint density at radius 2 is 1.67 bits per heavy atom. The molecule has 0 saturated heterocycles. The first-order valence-electron chi connectivity index (χ1n) is 9.49. The summed E-state index contributed by atoms with van der Waals surface area (Å²) in [5.41, 5.74) is 0.757. The van der Waals surface area contributed by atoms with Crippen LogP contribution in [0.1, 0.15) is 30.0 Å². The third-order valence-electron chi connectivity index (χ3n) is 4.20. The van der Waals surface area contributed by atoms with Gasteiger partial charge in [0.25, 0.3) is 5.91 Å². The Morgan fingerprint density at radius 3 is 2.37 bits per heavy atom. The molecule has 7 nitrogen and oxygen atoms in total. The van der Waals surface area contributed by atoms with Crippen LogP contribution in [0.3, 0.4) is 0 Å². The van der Waals surface area contributed by atoms with Crippen LogP contribution in [0.4, 0.5) is 5.69 Å². The Morgan fingerprint density at radius 1 is 0.967 bits per heavy atom. The smallest absolute Gasteiger partial charge is 0.291 e. The predicted molar refractivity (Wildman–Crippen MR) is 113 cm³/mol. The lowest BCUT2D eigenvalue weighted by atomic mass is 10.2. The van der Waals surface area contributed by atoms with E-state index in [2.05, 4.69) is 5.32 Å². The largest absolute Gasteiger partial charge is 0.490 e. The zero-order valence-corrected chi connectivity index (χ0v) is 17.6. The lowest BCUT2D eigenvalue weighted by Gasteiger charge is -2.13. The van der Waals surface area contributed by atoms with E-state index in [0.29, 0.717) is 30.4 Å². The molecule has 0 radical (unpaired) electrons. The second-order valence-electron chi connectivity index (χ2n) is 6.33. The van der Waals surface area contributed by atoms with E-state index in [-0.39, 0.29) is 22.0 Å². The molecule has 1 N–H and O–H groups in total. The molecule has 0 bridgehead atoms. The molecule has 8 heteroatoms. The van der Waals surface area contributed by atoms with Crippen molar-refractivity contribution in [1.29, 1.82) is 0 Å². The number of nitrogens with one attached hydrogen (secondary N) is 1. The number of furan rings is 1. The highest BCUT2D eigenvalue weighted by molar-refractivity contribution is 7.90. The van der Waals surface area contributed by atoms with Gasteiger partial charge in [-0.1, -0.05) is 18.2 Å². The van der Waals surface area contributed by atoms with Crippen LogP contribution >= 0.6 is 0 Å². The number of amides is 1. The van der Waals surface area contributed by atoms with Crippen molar-refractivity contribution in [2.75, 3.05) is 18.5 Å². The maximum Gasteiger partial charge on any atom is 0.291 e. The maximum absolute atomic E-state index is 12.7. The van der Waals surface area contributed by atoms with Crippen LogP contribution in [0.15, 0.2) is 70.2 Å². The van der Waals surface area contributed by atoms with Crippen LogP contribution in [-0.2, 0) is 15.6 Å². The number of sulfone groups is 1. The van der Waals surface area contributed by atoms with Gasteiger partial charge in [-0.2, -0.15) is 0 Å². The topological polar surface area (TPSA) is 94.8 Å². The number of hydrogen-bond acceptors (Lipinski definition) is 6. The molecule has 1 amide bonds. The molecule has 0 spiro atoms. The van der Waals surface area contributed by atoms with E-state index in [9.17, 15) is 13.2 Å². The molecule has 3 aromatic rings. The summed E-state index contributed by atoms with van der Waals surface area (Å²) in [4.78, 5) is 12.9. The molecule has 1 heterocycles. The van der Waals surface area contributed by atoms with E-state index in [1.54, 1.807) is 36.4 Å². The third kappa shape index (κ3) is 5.01. The van der Waals surface area contributed by atoms with Crippen molar-refractivity contribution in [3.05, 3.63) is 72.2 Å². The van der Waals surface area contributed by atoms with Gasteiger partial charge >= 0.3 is 0 Å². The first kappa shape index (κ1) is 21.4. The minimum Gasteiger partial charge on any atom is -0.490 e. The number of rotatable bonds is 9. The molecular weight excluding hydrogens is 406 g/mol. The van der Waals surface area contributed by atoms with Crippen molar-refractivity contribution in [3.8, 4) is 11.5 Å². The van der Waals surface area contributed by atoms with Crippen molar-refractivity contribution in [2.24, 2.45) is 0 Å². The first-order valence-corrected chi connectivity index (χ1v) is 11.1. The summed E-state index contributed by atoms with van der Waals surface area (Å²) in [7, 11) is -3.61. The molecule has 0 aliphatic heterocycles. The van der Waals surface area contributed by atoms with Gasteiger partial charge in [-0.15, -0.1) is 0 Å². The van der Waals surface area contributed by atoms with Gasteiger partial charge in [0.05, 0.1) is 30.1 Å². The molecule has 0 saturated carbocycles. The van der Waals surface area contributed by atoms with Gasteiger partial charge in [0.1, 0.15) is 0 Å².